The number of nitrogens with one attached hydrogen (secondary N) is 1. The Bertz CT molecular complexity index is 826. The van der Waals surface area contributed by atoms with Crippen LogP contribution in [0.4, 0.5) is 5.82 Å². The first-order valence-corrected chi connectivity index (χ1v) is 7.80. The summed E-state index contributed by atoms with van der Waals surface area (Å²) in [4.78, 5) is 12.6. The first kappa shape index (κ1) is 16.2. The van der Waals surface area contributed by atoms with Crippen LogP contribution in [0.15, 0.2) is 30.9 Å². The molecule has 2 aromatic heterocycles. The number of aliphatic hydroxyl groups excluding tert-OH is 1. The van der Waals surface area contributed by atoms with Crippen molar-refractivity contribution in [3.63, 3.8) is 0 Å². The summed E-state index contributed by atoms with van der Waals surface area (Å²) in [6.07, 6.45) is 2.44. The third kappa shape index (κ3) is 3.16. The number of aliphatic hydroxyl groups is 1. The van der Waals surface area contributed by atoms with Crippen molar-refractivity contribution in [3.05, 3.63) is 42.0 Å². The summed E-state index contributed by atoms with van der Waals surface area (Å²) in [7, 11) is 1.79. The summed E-state index contributed by atoms with van der Waals surface area (Å²) in [5.74, 6) is 1.51. The number of aromatic nitrogens is 4. The summed E-state index contributed by atoms with van der Waals surface area (Å²) in [6.45, 7) is 4.54. The van der Waals surface area contributed by atoms with Gasteiger partial charge in [0, 0.05) is 7.05 Å². The molecule has 0 radical (unpaired) electrons. The maximum Gasteiger partial charge on any atom is 0.182 e. The third-order valence-corrected chi connectivity index (χ3v) is 3.88. The number of rotatable bonds is 6. The maximum absolute atomic E-state index is 10.4. The molecule has 2 heterocycles. The van der Waals surface area contributed by atoms with Gasteiger partial charge in [0.1, 0.15) is 30.3 Å². The van der Waals surface area contributed by atoms with Gasteiger partial charge in [-0.1, -0.05) is 18.2 Å². The van der Waals surface area contributed by atoms with E-state index in [1.165, 1.54) is 6.33 Å². The Morgan fingerprint density at radius 1 is 1.21 bits per heavy atom. The van der Waals surface area contributed by atoms with E-state index in [1.54, 1.807) is 13.4 Å². The van der Waals surface area contributed by atoms with Crippen LogP contribution in [0.2, 0.25) is 0 Å². The minimum absolute atomic E-state index is 0.202. The van der Waals surface area contributed by atoms with Crippen LogP contribution in [0, 0.1) is 13.8 Å². The van der Waals surface area contributed by atoms with Crippen molar-refractivity contribution in [1.82, 2.24) is 19.5 Å². The molecule has 1 atom stereocenters. The Labute approximate surface area is 140 Å². The molecule has 24 heavy (non-hydrogen) atoms. The lowest BCUT2D eigenvalue weighted by Crippen LogP contribution is -2.24. The second kappa shape index (κ2) is 6.84. The van der Waals surface area contributed by atoms with Gasteiger partial charge >= 0.3 is 0 Å². The van der Waals surface area contributed by atoms with Crippen molar-refractivity contribution in [1.29, 1.82) is 0 Å². The Hall–Kier alpha value is -2.67. The molecule has 0 bridgehead atoms. The fourth-order valence-corrected chi connectivity index (χ4v) is 2.72. The average Bonchev–Trinajstić information content (AvgIpc) is 2.97. The molecule has 0 fully saturated rings. The van der Waals surface area contributed by atoms with Crippen molar-refractivity contribution in [3.8, 4) is 5.75 Å². The van der Waals surface area contributed by atoms with Gasteiger partial charge in [0.2, 0.25) is 0 Å². The highest BCUT2D eigenvalue weighted by Gasteiger charge is 2.14. The fourth-order valence-electron chi connectivity index (χ4n) is 2.72. The van der Waals surface area contributed by atoms with Gasteiger partial charge in [-0.2, -0.15) is 0 Å². The highest BCUT2D eigenvalue weighted by atomic mass is 16.5. The smallest absolute Gasteiger partial charge is 0.182 e. The molecule has 0 aliphatic heterocycles. The number of aryl methyl sites for hydroxylation is 2. The molecule has 0 spiro atoms. The maximum atomic E-state index is 10.4. The summed E-state index contributed by atoms with van der Waals surface area (Å²) in [5, 5.41) is 13.4. The number of ether oxygens (including phenoxy) is 1. The standard InChI is InChI=1S/C17H21N5O2/c1-11-5-4-6-12(2)15(11)24-8-13(23)7-22-10-21-17-14(22)16(18-3)19-9-20-17/h4-6,9-10,13,23H,7-8H2,1-3H3,(H,18,19,20)/t13-/m1/s1. The van der Waals surface area contributed by atoms with Gasteiger partial charge in [0.05, 0.1) is 12.9 Å². The molecule has 0 unspecified atom stereocenters. The topological polar surface area (TPSA) is 85.1 Å². The molecule has 0 saturated carbocycles. The quantitative estimate of drug-likeness (QED) is 0.719. The van der Waals surface area contributed by atoms with Crippen molar-refractivity contribution in [2.45, 2.75) is 26.5 Å². The molecule has 0 amide bonds. The van der Waals surface area contributed by atoms with Gasteiger partial charge in [0.15, 0.2) is 11.5 Å². The molecule has 0 aliphatic rings. The SMILES string of the molecule is CNc1ncnc2ncn(C[C@@H](O)COc3c(C)cccc3C)c12. The Kier molecular flexibility index (Phi) is 4.61. The van der Waals surface area contributed by atoms with Crippen LogP contribution in [0.3, 0.4) is 0 Å². The van der Waals surface area contributed by atoms with Crippen molar-refractivity contribution >= 4 is 17.0 Å². The number of hydrogen-bond acceptors (Lipinski definition) is 6. The van der Waals surface area contributed by atoms with Gasteiger partial charge in [-0.15, -0.1) is 0 Å². The van der Waals surface area contributed by atoms with Gasteiger partial charge in [0.25, 0.3) is 0 Å². The van der Waals surface area contributed by atoms with E-state index in [4.69, 9.17) is 4.74 Å². The number of imidazole rings is 1. The Morgan fingerprint density at radius 3 is 2.67 bits per heavy atom. The minimum Gasteiger partial charge on any atom is -0.490 e. The highest BCUT2D eigenvalue weighted by Crippen LogP contribution is 2.23. The monoisotopic (exact) mass is 327 g/mol. The van der Waals surface area contributed by atoms with Crippen LogP contribution in [-0.4, -0.2) is 44.4 Å². The fraction of sp³-hybridized carbons (Fsp3) is 0.353. The lowest BCUT2D eigenvalue weighted by molar-refractivity contribution is 0.0928. The number of para-hydroxylation sites is 1. The number of anilines is 1. The van der Waals surface area contributed by atoms with Gasteiger partial charge in [-0.25, -0.2) is 15.0 Å². The number of fused-ring (bicyclic) bond motifs is 1. The van der Waals surface area contributed by atoms with E-state index in [0.29, 0.717) is 18.0 Å². The molecular weight excluding hydrogens is 306 g/mol. The van der Waals surface area contributed by atoms with Gasteiger partial charge in [-0.3, -0.25) is 0 Å². The minimum atomic E-state index is -0.675. The number of nitrogens with zero attached hydrogens (tertiary/aromatic N) is 4. The number of hydrogen-bond donors (Lipinski definition) is 2. The Morgan fingerprint density at radius 2 is 1.96 bits per heavy atom. The molecule has 7 nitrogen and oxygen atoms in total. The molecule has 1 aromatic carbocycles. The van der Waals surface area contributed by atoms with E-state index >= 15 is 0 Å². The molecule has 0 saturated heterocycles. The van der Waals surface area contributed by atoms with Crippen molar-refractivity contribution in [2.24, 2.45) is 0 Å². The first-order chi connectivity index (χ1) is 11.6. The molecule has 7 heteroatoms. The molecule has 0 aliphatic carbocycles. The second-order valence-electron chi connectivity index (χ2n) is 5.73. The molecule has 3 rings (SSSR count). The van der Waals surface area contributed by atoms with Crippen LogP contribution >= 0.6 is 0 Å². The molecule has 126 valence electrons. The predicted molar refractivity (Wildman–Crippen MR) is 92.3 cm³/mol. The third-order valence-electron chi connectivity index (χ3n) is 3.88. The van der Waals surface area contributed by atoms with E-state index in [2.05, 4.69) is 20.3 Å². The second-order valence-corrected chi connectivity index (χ2v) is 5.73. The van der Waals surface area contributed by atoms with E-state index in [-0.39, 0.29) is 6.61 Å². The van der Waals surface area contributed by atoms with E-state index in [9.17, 15) is 5.11 Å². The molecule has 2 N–H and O–H groups in total. The van der Waals surface area contributed by atoms with Crippen molar-refractivity contribution < 1.29 is 9.84 Å². The summed E-state index contributed by atoms with van der Waals surface area (Å²) < 4.78 is 7.65. The normalized spacial score (nSPS) is 12.3. The summed E-state index contributed by atoms with van der Waals surface area (Å²) >= 11 is 0. The zero-order valence-corrected chi connectivity index (χ0v) is 14.0. The summed E-state index contributed by atoms with van der Waals surface area (Å²) in [6, 6.07) is 5.98. The predicted octanol–water partition coefficient (Wildman–Crippen LogP) is 1.92. The van der Waals surface area contributed by atoms with E-state index < -0.39 is 6.10 Å². The van der Waals surface area contributed by atoms with E-state index in [0.717, 1.165) is 22.4 Å². The van der Waals surface area contributed by atoms with Gasteiger partial charge < -0.3 is 19.7 Å². The van der Waals surface area contributed by atoms with Crippen LogP contribution in [0.25, 0.3) is 11.2 Å². The van der Waals surface area contributed by atoms with Crippen LogP contribution in [-0.2, 0) is 6.54 Å². The summed E-state index contributed by atoms with van der Waals surface area (Å²) in [5.41, 5.74) is 3.48. The zero-order chi connectivity index (χ0) is 17.1. The zero-order valence-electron chi connectivity index (χ0n) is 14.0. The highest BCUT2D eigenvalue weighted by molar-refractivity contribution is 5.82. The van der Waals surface area contributed by atoms with Crippen LogP contribution in [0.5, 0.6) is 5.75 Å². The van der Waals surface area contributed by atoms with E-state index in [1.807, 2.05) is 36.6 Å². The average molecular weight is 327 g/mol. The van der Waals surface area contributed by atoms with Gasteiger partial charge in [-0.05, 0) is 25.0 Å². The van der Waals surface area contributed by atoms with Crippen molar-refractivity contribution in [2.75, 3.05) is 19.0 Å². The van der Waals surface area contributed by atoms with Crippen LogP contribution in [0.1, 0.15) is 11.1 Å². The number of benzene rings is 1. The largest absolute Gasteiger partial charge is 0.490 e. The Balaban J connectivity index is 1.73. The lowest BCUT2D eigenvalue weighted by atomic mass is 10.1. The van der Waals surface area contributed by atoms with Crippen LogP contribution < -0.4 is 10.1 Å². The molecule has 3 aromatic rings. The lowest BCUT2D eigenvalue weighted by Gasteiger charge is -2.16. The first-order valence-electron chi connectivity index (χ1n) is 7.80. The molecular formula is C17H21N5O2.